The molecule has 0 radical (unpaired) electrons. The summed E-state index contributed by atoms with van der Waals surface area (Å²) in [5.74, 6) is -0.927. The number of rotatable bonds is 5. The van der Waals surface area contributed by atoms with Gasteiger partial charge in [0, 0.05) is 32.5 Å². The van der Waals surface area contributed by atoms with Gasteiger partial charge in [-0.25, -0.2) is 9.82 Å². The zero-order chi connectivity index (χ0) is 19.6. The summed E-state index contributed by atoms with van der Waals surface area (Å²) in [5, 5.41) is 3.04. The number of hydrogen-bond acceptors (Lipinski definition) is 5. The van der Waals surface area contributed by atoms with Crippen molar-refractivity contribution >= 4 is 11.8 Å². The molecule has 2 aliphatic heterocycles. The highest BCUT2D eigenvalue weighted by Crippen LogP contribution is 2.36. The van der Waals surface area contributed by atoms with Crippen LogP contribution in [0.25, 0.3) is 0 Å². The number of amides is 2. The number of carbonyl (C=O) groups excluding carboxylic acids is 2. The van der Waals surface area contributed by atoms with E-state index in [9.17, 15) is 14.0 Å². The van der Waals surface area contributed by atoms with E-state index in [1.807, 2.05) is 14.1 Å². The standard InChI is InChI=1S/C19H28FN5O2/c1-24(2)11-14-10-16(23-22-14)21-19(27)15-7-8-17(26)25(3)18(15)12-5-4-6-13(20)9-12/h4-6,9,14-16,18,22-23H,7-8,10-11H2,1-3H3,(H,21,27). The minimum Gasteiger partial charge on any atom is -0.339 e. The molecule has 3 rings (SSSR count). The van der Waals surface area contributed by atoms with Crippen LogP contribution in [-0.4, -0.2) is 61.5 Å². The van der Waals surface area contributed by atoms with Gasteiger partial charge in [-0.1, -0.05) is 12.1 Å². The van der Waals surface area contributed by atoms with Crippen molar-refractivity contribution in [3.05, 3.63) is 35.6 Å². The normalized spacial score (nSPS) is 28.6. The summed E-state index contributed by atoms with van der Waals surface area (Å²) in [6.07, 6.45) is 1.38. The highest BCUT2D eigenvalue weighted by molar-refractivity contribution is 5.85. The van der Waals surface area contributed by atoms with Crippen LogP contribution in [0.4, 0.5) is 4.39 Å². The number of likely N-dealkylation sites (N-methyl/N-ethyl adjacent to an activating group) is 1. The van der Waals surface area contributed by atoms with Gasteiger partial charge >= 0.3 is 0 Å². The van der Waals surface area contributed by atoms with Crippen molar-refractivity contribution in [2.75, 3.05) is 27.7 Å². The molecule has 7 nitrogen and oxygen atoms in total. The number of likely N-dealkylation sites (tertiary alicyclic amines) is 1. The smallest absolute Gasteiger partial charge is 0.226 e. The first-order valence-electron chi connectivity index (χ1n) is 9.32. The predicted molar refractivity (Wildman–Crippen MR) is 99.8 cm³/mol. The van der Waals surface area contributed by atoms with Gasteiger partial charge in [0.25, 0.3) is 0 Å². The van der Waals surface area contributed by atoms with E-state index in [1.54, 1.807) is 24.1 Å². The summed E-state index contributed by atoms with van der Waals surface area (Å²) in [7, 11) is 5.69. The quantitative estimate of drug-likeness (QED) is 0.701. The largest absolute Gasteiger partial charge is 0.339 e. The molecular weight excluding hydrogens is 349 g/mol. The minimum atomic E-state index is -0.464. The Hall–Kier alpha value is -2.03. The molecule has 3 N–H and O–H groups in total. The van der Waals surface area contributed by atoms with E-state index in [4.69, 9.17) is 0 Å². The second-order valence-electron chi connectivity index (χ2n) is 7.69. The SMILES string of the molecule is CN(C)CC1CC(NC(=O)C2CCC(=O)N(C)C2c2cccc(F)c2)NN1. The van der Waals surface area contributed by atoms with Gasteiger partial charge in [0.15, 0.2) is 0 Å². The number of hydrogen-bond donors (Lipinski definition) is 3. The number of piperidine rings is 1. The second kappa shape index (κ2) is 8.33. The van der Waals surface area contributed by atoms with Gasteiger partial charge in [-0.15, -0.1) is 0 Å². The molecule has 2 fully saturated rings. The van der Waals surface area contributed by atoms with E-state index in [1.165, 1.54) is 12.1 Å². The molecule has 0 spiro atoms. The third-order valence-corrected chi connectivity index (χ3v) is 5.27. The molecule has 1 aromatic rings. The van der Waals surface area contributed by atoms with Crippen molar-refractivity contribution < 1.29 is 14.0 Å². The molecule has 0 aromatic heterocycles. The Morgan fingerprint density at radius 2 is 2.15 bits per heavy atom. The molecule has 4 unspecified atom stereocenters. The van der Waals surface area contributed by atoms with Crippen LogP contribution in [0.2, 0.25) is 0 Å². The number of nitrogens with zero attached hydrogens (tertiary/aromatic N) is 2. The van der Waals surface area contributed by atoms with Gasteiger partial charge in [0.2, 0.25) is 11.8 Å². The van der Waals surface area contributed by atoms with E-state index < -0.39 is 12.0 Å². The highest BCUT2D eigenvalue weighted by atomic mass is 19.1. The van der Waals surface area contributed by atoms with Crippen molar-refractivity contribution in [3.8, 4) is 0 Å². The number of nitrogens with one attached hydrogen (secondary N) is 3. The summed E-state index contributed by atoms with van der Waals surface area (Å²) in [6.45, 7) is 0.867. The predicted octanol–water partition coefficient (Wildman–Crippen LogP) is 0.606. The van der Waals surface area contributed by atoms with Crippen LogP contribution in [0.1, 0.15) is 30.9 Å². The molecule has 0 aliphatic carbocycles. The van der Waals surface area contributed by atoms with Crippen molar-refractivity contribution in [1.29, 1.82) is 0 Å². The van der Waals surface area contributed by atoms with Crippen LogP contribution >= 0.6 is 0 Å². The number of halogens is 1. The van der Waals surface area contributed by atoms with Crippen LogP contribution in [0.3, 0.4) is 0 Å². The lowest BCUT2D eigenvalue weighted by Crippen LogP contribution is -2.51. The average Bonchev–Trinajstić information content (AvgIpc) is 3.03. The number of hydrazine groups is 1. The van der Waals surface area contributed by atoms with E-state index >= 15 is 0 Å². The van der Waals surface area contributed by atoms with Crippen LogP contribution in [0, 0.1) is 11.7 Å². The molecule has 1 aromatic carbocycles. The lowest BCUT2D eigenvalue weighted by atomic mass is 9.84. The zero-order valence-corrected chi connectivity index (χ0v) is 16.0. The Morgan fingerprint density at radius 1 is 1.37 bits per heavy atom. The van der Waals surface area contributed by atoms with E-state index in [2.05, 4.69) is 21.1 Å². The summed E-state index contributed by atoms with van der Waals surface area (Å²) < 4.78 is 13.7. The summed E-state index contributed by atoms with van der Waals surface area (Å²) in [6, 6.07) is 5.94. The fourth-order valence-corrected chi connectivity index (χ4v) is 4.01. The fraction of sp³-hybridized carbons (Fsp3) is 0.579. The second-order valence-corrected chi connectivity index (χ2v) is 7.69. The van der Waals surface area contributed by atoms with Crippen LogP contribution < -0.4 is 16.2 Å². The Bertz CT molecular complexity index is 698. The van der Waals surface area contributed by atoms with Crippen molar-refractivity contribution in [2.24, 2.45) is 5.92 Å². The monoisotopic (exact) mass is 377 g/mol. The third-order valence-electron chi connectivity index (χ3n) is 5.27. The molecule has 2 heterocycles. The maximum atomic E-state index is 13.7. The van der Waals surface area contributed by atoms with Gasteiger partial charge < -0.3 is 15.1 Å². The third kappa shape index (κ3) is 4.63. The molecule has 2 amide bonds. The molecule has 2 saturated heterocycles. The highest BCUT2D eigenvalue weighted by Gasteiger charge is 2.40. The van der Waals surface area contributed by atoms with Crippen molar-refractivity contribution in [1.82, 2.24) is 26.0 Å². The van der Waals surface area contributed by atoms with Crippen LogP contribution in [-0.2, 0) is 9.59 Å². The minimum absolute atomic E-state index is 0.0278. The van der Waals surface area contributed by atoms with Gasteiger partial charge in [0.1, 0.15) is 5.82 Å². The maximum Gasteiger partial charge on any atom is 0.226 e. The van der Waals surface area contributed by atoms with Crippen molar-refractivity contribution in [3.63, 3.8) is 0 Å². The molecular formula is C19H28FN5O2. The molecule has 0 saturated carbocycles. The van der Waals surface area contributed by atoms with Gasteiger partial charge in [-0.05, 0) is 38.2 Å². The molecule has 27 heavy (non-hydrogen) atoms. The molecule has 0 bridgehead atoms. The molecule has 4 atom stereocenters. The van der Waals surface area contributed by atoms with E-state index in [0.717, 1.165) is 13.0 Å². The Balaban J connectivity index is 1.71. The van der Waals surface area contributed by atoms with Crippen molar-refractivity contribution in [2.45, 2.75) is 37.5 Å². The van der Waals surface area contributed by atoms with Gasteiger partial charge in [0.05, 0.1) is 18.1 Å². The Labute approximate surface area is 159 Å². The van der Waals surface area contributed by atoms with Crippen LogP contribution in [0.15, 0.2) is 24.3 Å². The Kier molecular flexibility index (Phi) is 6.08. The lowest BCUT2D eigenvalue weighted by molar-refractivity contribution is -0.142. The number of carbonyl (C=O) groups is 2. The average molecular weight is 377 g/mol. The summed E-state index contributed by atoms with van der Waals surface area (Å²) in [5.41, 5.74) is 6.96. The first-order chi connectivity index (χ1) is 12.8. The Morgan fingerprint density at radius 3 is 2.85 bits per heavy atom. The molecule has 148 valence electrons. The maximum absolute atomic E-state index is 13.7. The van der Waals surface area contributed by atoms with Gasteiger partial charge in [-0.3, -0.25) is 15.0 Å². The van der Waals surface area contributed by atoms with E-state index in [0.29, 0.717) is 18.4 Å². The van der Waals surface area contributed by atoms with Gasteiger partial charge in [-0.2, -0.15) is 0 Å². The van der Waals surface area contributed by atoms with E-state index in [-0.39, 0.29) is 29.8 Å². The lowest BCUT2D eigenvalue weighted by Gasteiger charge is -2.39. The zero-order valence-electron chi connectivity index (χ0n) is 16.0. The number of benzene rings is 1. The fourth-order valence-electron chi connectivity index (χ4n) is 4.01. The summed E-state index contributed by atoms with van der Waals surface area (Å²) in [4.78, 5) is 28.8. The van der Waals surface area contributed by atoms with Crippen LogP contribution in [0.5, 0.6) is 0 Å². The first kappa shape index (κ1) is 19.7. The topological polar surface area (TPSA) is 76.7 Å². The molecule has 2 aliphatic rings. The molecule has 8 heteroatoms. The summed E-state index contributed by atoms with van der Waals surface area (Å²) >= 11 is 0. The first-order valence-corrected chi connectivity index (χ1v) is 9.32.